The van der Waals surface area contributed by atoms with Gasteiger partial charge in [-0.1, -0.05) is 12.1 Å². The Bertz CT molecular complexity index is 589. The summed E-state index contributed by atoms with van der Waals surface area (Å²) in [5.74, 6) is -0.132. The monoisotopic (exact) mass is 230 g/mol. The van der Waals surface area contributed by atoms with Gasteiger partial charge in [-0.2, -0.15) is 5.10 Å². The van der Waals surface area contributed by atoms with Gasteiger partial charge in [-0.25, -0.2) is 0 Å². The van der Waals surface area contributed by atoms with Gasteiger partial charge in [-0.15, -0.1) is 0 Å². The number of aromatic nitrogens is 2. The van der Waals surface area contributed by atoms with E-state index in [1.807, 2.05) is 24.3 Å². The van der Waals surface area contributed by atoms with Crippen LogP contribution in [0.4, 0.5) is 0 Å². The van der Waals surface area contributed by atoms with Gasteiger partial charge >= 0.3 is 5.97 Å². The number of benzene rings is 1. The maximum atomic E-state index is 10.8. The maximum absolute atomic E-state index is 10.8. The Morgan fingerprint density at radius 1 is 1.47 bits per heavy atom. The molecule has 1 N–H and O–H groups in total. The summed E-state index contributed by atoms with van der Waals surface area (Å²) in [6, 6.07) is 7.57. The van der Waals surface area contributed by atoms with Gasteiger partial charge in [0.15, 0.2) is 0 Å². The molecule has 1 aromatic heterocycles. The zero-order chi connectivity index (χ0) is 11.8. The highest BCUT2D eigenvalue weighted by molar-refractivity contribution is 5.74. The average molecular weight is 230 g/mol. The number of hydrogen-bond donors (Lipinski definition) is 1. The summed E-state index contributed by atoms with van der Waals surface area (Å²) < 4.78 is 7.07. The van der Waals surface area contributed by atoms with Crippen molar-refractivity contribution in [3.05, 3.63) is 36.0 Å². The number of aliphatic carboxylic acids is 1. The second-order valence-electron chi connectivity index (χ2n) is 3.85. The van der Waals surface area contributed by atoms with Crippen molar-refractivity contribution in [1.82, 2.24) is 9.78 Å². The molecule has 1 aliphatic rings. The Balaban J connectivity index is 2.15. The van der Waals surface area contributed by atoms with Crippen LogP contribution in [0.3, 0.4) is 0 Å². The number of rotatable bonds is 2. The molecule has 0 atom stereocenters. The first-order chi connectivity index (χ1) is 8.25. The van der Waals surface area contributed by atoms with E-state index in [1.165, 1.54) is 4.68 Å². The average Bonchev–Trinajstić information content (AvgIpc) is 2.72. The van der Waals surface area contributed by atoms with Crippen LogP contribution in [0.25, 0.3) is 11.3 Å². The predicted octanol–water partition coefficient (Wildman–Crippen LogP) is 1.53. The molecule has 0 unspecified atom stereocenters. The summed E-state index contributed by atoms with van der Waals surface area (Å²) in [7, 11) is 0. The third kappa shape index (κ3) is 1.56. The largest absolute Gasteiger partial charge is 0.488 e. The van der Waals surface area contributed by atoms with Crippen LogP contribution in [0, 0.1) is 0 Å². The van der Waals surface area contributed by atoms with Crippen molar-refractivity contribution in [1.29, 1.82) is 0 Å². The van der Waals surface area contributed by atoms with Crippen molar-refractivity contribution in [2.45, 2.75) is 13.2 Å². The lowest BCUT2D eigenvalue weighted by molar-refractivity contribution is -0.137. The van der Waals surface area contributed by atoms with Crippen molar-refractivity contribution in [2.75, 3.05) is 0 Å². The van der Waals surface area contributed by atoms with E-state index in [4.69, 9.17) is 9.84 Å². The Kier molecular flexibility index (Phi) is 2.11. The van der Waals surface area contributed by atoms with E-state index in [-0.39, 0.29) is 6.54 Å². The fourth-order valence-corrected chi connectivity index (χ4v) is 2.03. The Morgan fingerprint density at radius 3 is 3.12 bits per heavy atom. The SMILES string of the molecule is O=C(O)Cn1ncc2c1-c1ccccc1OC2. The number of nitrogens with zero attached hydrogens (tertiary/aromatic N) is 2. The van der Waals surface area contributed by atoms with Gasteiger partial charge in [0, 0.05) is 11.1 Å². The number of carboxylic acids is 1. The molecule has 0 fully saturated rings. The molecule has 0 aliphatic carbocycles. The zero-order valence-corrected chi connectivity index (χ0v) is 8.96. The second-order valence-corrected chi connectivity index (χ2v) is 3.85. The first-order valence-electron chi connectivity index (χ1n) is 5.24. The standard InChI is InChI=1S/C12H10N2O3/c15-11(16)6-14-12-8(5-13-14)7-17-10-4-2-1-3-9(10)12/h1-5H,6-7H2,(H,15,16). The first-order valence-corrected chi connectivity index (χ1v) is 5.24. The van der Waals surface area contributed by atoms with Crippen LogP contribution in [-0.2, 0) is 17.9 Å². The molecule has 86 valence electrons. The number of carboxylic acid groups (broad SMARTS) is 1. The van der Waals surface area contributed by atoms with Crippen molar-refractivity contribution < 1.29 is 14.6 Å². The maximum Gasteiger partial charge on any atom is 0.325 e. The Morgan fingerprint density at radius 2 is 2.29 bits per heavy atom. The lowest BCUT2D eigenvalue weighted by atomic mass is 10.0. The molecule has 0 radical (unpaired) electrons. The molecule has 3 rings (SSSR count). The smallest absolute Gasteiger partial charge is 0.325 e. The van der Waals surface area contributed by atoms with Crippen molar-refractivity contribution in [2.24, 2.45) is 0 Å². The molecule has 0 spiro atoms. The van der Waals surface area contributed by atoms with Gasteiger partial charge in [0.1, 0.15) is 18.9 Å². The zero-order valence-electron chi connectivity index (χ0n) is 8.96. The van der Waals surface area contributed by atoms with Crippen LogP contribution in [-0.4, -0.2) is 20.9 Å². The molecule has 1 aromatic carbocycles. The van der Waals surface area contributed by atoms with Crippen LogP contribution in [0.2, 0.25) is 0 Å². The molecule has 2 aromatic rings. The molecular weight excluding hydrogens is 220 g/mol. The van der Waals surface area contributed by atoms with Gasteiger partial charge in [0.2, 0.25) is 0 Å². The summed E-state index contributed by atoms with van der Waals surface area (Å²) in [6.07, 6.45) is 1.66. The van der Waals surface area contributed by atoms with E-state index in [0.29, 0.717) is 6.61 Å². The number of hydrogen-bond acceptors (Lipinski definition) is 3. The highest BCUT2D eigenvalue weighted by atomic mass is 16.5. The molecule has 5 heteroatoms. The number of carbonyl (C=O) groups is 1. The predicted molar refractivity (Wildman–Crippen MR) is 59.6 cm³/mol. The van der Waals surface area contributed by atoms with Gasteiger partial charge in [0.05, 0.1) is 11.9 Å². The van der Waals surface area contributed by atoms with E-state index in [0.717, 1.165) is 22.6 Å². The lowest BCUT2D eigenvalue weighted by Crippen LogP contribution is -2.13. The summed E-state index contributed by atoms with van der Waals surface area (Å²) in [6.45, 7) is 0.301. The molecule has 0 amide bonds. The lowest BCUT2D eigenvalue weighted by Gasteiger charge is -2.18. The number of ether oxygens (including phenoxy) is 1. The summed E-state index contributed by atoms with van der Waals surface area (Å²) in [5.41, 5.74) is 2.66. The van der Waals surface area contributed by atoms with Crippen molar-refractivity contribution in [3.63, 3.8) is 0 Å². The minimum Gasteiger partial charge on any atom is -0.488 e. The van der Waals surface area contributed by atoms with E-state index >= 15 is 0 Å². The third-order valence-electron chi connectivity index (χ3n) is 2.73. The van der Waals surface area contributed by atoms with Crippen LogP contribution in [0.1, 0.15) is 5.56 Å². The van der Waals surface area contributed by atoms with Gasteiger partial charge < -0.3 is 9.84 Å². The highest BCUT2D eigenvalue weighted by Crippen LogP contribution is 2.36. The number of para-hydroxylation sites is 1. The normalized spacial score (nSPS) is 12.5. The van der Waals surface area contributed by atoms with E-state index in [1.54, 1.807) is 6.20 Å². The summed E-state index contributed by atoms with van der Waals surface area (Å²) >= 11 is 0. The van der Waals surface area contributed by atoms with Gasteiger partial charge in [0.25, 0.3) is 0 Å². The fourth-order valence-electron chi connectivity index (χ4n) is 2.03. The molecule has 0 saturated carbocycles. The quantitative estimate of drug-likeness (QED) is 0.849. The Labute approximate surface area is 97.3 Å². The number of fused-ring (bicyclic) bond motifs is 3. The summed E-state index contributed by atoms with van der Waals surface area (Å²) in [5, 5.41) is 12.9. The van der Waals surface area contributed by atoms with E-state index in [9.17, 15) is 4.79 Å². The highest BCUT2D eigenvalue weighted by Gasteiger charge is 2.22. The molecule has 5 nitrogen and oxygen atoms in total. The van der Waals surface area contributed by atoms with E-state index < -0.39 is 5.97 Å². The van der Waals surface area contributed by atoms with Gasteiger partial charge in [-0.3, -0.25) is 9.48 Å². The second kappa shape index (κ2) is 3.62. The molecular formula is C12H10N2O3. The molecule has 0 bridgehead atoms. The minimum absolute atomic E-state index is 0.135. The molecule has 2 heterocycles. The van der Waals surface area contributed by atoms with Crippen LogP contribution >= 0.6 is 0 Å². The van der Waals surface area contributed by atoms with Crippen molar-refractivity contribution >= 4 is 5.97 Å². The molecule has 0 saturated heterocycles. The van der Waals surface area contributed by atoms with Crippen LogP contribution < -0.4 is 4.74 Å². The fraction of sp³-hybridized carbons (Fsp3) is 0.167. The third-order valence-corrected chi connectivity index (χ3v) is 2.73. The first kappa shape index (κ1) is 9.89. The minimum atomic E-state index is -0.903. The van der Waals surface area contributed by atoms with Gasteiger partial charge in [-0.05, 0) is 12.1 Å². The van der Waals surface area contributed by atoms with E-state index in [2.05, 4.69) is 5.10 Å². The topological polar surface area (TPSA) is 64.3 Å². The Hall–Kier alpha value is -2.30. The molecule has 17 heavy (non-hydrogen) atoms. The van der Waals surface area contributed by atoms with Crippen LogP contribution in [0.5, 0.6) is 5.75 Å². The molecule has 1 aliphatic heterocycles. The summed E-state index contributed by atoms with van der Waals surface area (Å²) in [4.78, 5) is 10.8. The van der Waals surface area contributed by atoms with Crippen molar-refractivity contribution in [3.8, 4) is 17.0 Å². The van der Waals surface area contributed by atoms with Crippen LogP contribution in [0.15, 0.2) is 30.5 Å².